The zero-order valence-electron chi connectivity index (χ0n) is 25.1. The Balaban J connectivity index is 1.38. The van der Waals surface area contributed by atoms with Crippen LogP contribution < -0.4 is 0 Å². The molecule has 0 aliphatic rings. The molecule has 0 aliphatic carbocycles. The maximum atomic E-state index is 5.56. The second-order valence-corrected chi connectivity index (χ2v) is 11.8. The summed E-state index contributed by atoms with van der Waals surface area (Å²) in [5.74, 6) is 0. The molecule has 9 aromatic rings. The molecule has 2 heterocycles. The number of pyridine rings is 2. The lowest BCUT2D eigenvalue weighted by Gasteiger charge is -2.19. The summed E-state index contributed by atoms with van der Waals surface area (Å²) in [7, 11) is 0. The first kappa shape index (κ1) is 26.3. The van der Waals surface area contributed by atoms with E-state index in [9.17, 15) is 0 Å². The molecule has 0 fully saturated rings. The summed E-state index contributed by atoms with van der Waals surface area (Å²) in [4.78, 5) is 10.6. The van der Waals surface area contributed by atoms with Gasteiger partial charge < -0.3 is 0 Å². The summed E-state index contributed by atoms with van der Waals surface area (Å²) in [6, 6.07) is 58.3. The van der Waals surface area contributed by atoms with Crippen LogP contribution in [0.15, 0.2) is 170 Å². The molecule has 0 aliphatic heterocycles. The van der Waals surface area contributed by atoms with Crippen LogP contribution in [0.1, 0.15) is 0 Å². The Morgan fingerprint density at radius 1 is 0.348 bits per heavy atom. The topological polar surface area (TPSA) is 25.8 Å². The lowest BCUT2D eigenvalue weighted by atomic mass is 9.86. The molecule has 46 heavy (non-hydrogen) atoms. The van der Waals surface area contributed by atoms with E-state index in [1.807, 2.05) is 12.3 Å². The van der Waals surface area contributed by atoms with E-state index < -0.39 is 0 Å². The molecule has 0 saturated heterocycles. The fourth-order valence-corrected chi connectivity index (χ4v) is 6.87. The van der Waals surface area contributed by atoms with Gasteiger partial charge in [0.2, 0.25) is 0 Å². The number of rotatable bonds is 4. The van der Waals surface area contributed by atoms with Crippen LogP contribution in [-0.2, 0) is 0 Å². The normalized spacial score (nSPS) is 11.5. The fourth-order valence-electron chi connectivity index (χ4n) is 6.87. The van der Waals surface area contributed by atoms with E-state index in [-0.39, 0.29) is 0 Å². The van der Waals surface area contributed by atoms with E-state index in [1.54, 1.807) is 0 Å². The van der Waals surface area contributed by atoms with Gasteiger partial charge in [0.25, 0.3) is 0 Å². The predicted octanol–water partition coefficient (Wildman–Crippen LogP) is 11.8. The molecule has 0 unspecified atom stereocenters. The van der Waals surface area contributed by atoms with Crippen LogP contribution in [0.5, 0.6) is 0 Å². The Hall–Kier alpha value is -6.12. The van der Waals surface area contributed by atoms with Crippen molar-refractivity contribution in [2.75, 3.05) is 0 Å². The van der Waals surface area contributed by atoms with E-state index in [2.05, 4.69) is 158 Å². The number of hydrogen-bond donors (Lipinski definition) is 0. The summed E-state index contributed by atoms with van der Waals surface area (Å²) >= 11 is 0. The van der Waals surface area contributed by atoms with Gasteiger partial charge in [-0.15, -0.1) is 0 Å². The van der Waals surface area contributed by atoms with Gasteiger partial charge in [-0.25, -0.2) is 4.98 Å². The van der Waals surface area contributed by atoms with E-state index in [4.69, 9.17) is 9.97 Å². The average Bonchev–Trinajstić information content (AvgIpc) is 3.14. The maximum absolute atomic E-state index is 5.56. The number of benzene rings is 7. The molecule has 9 rings (SSSR count). The summed E-state index contributed by atoms with van der Waals surface area (Å²) < 4.78 is 0. The molecule has 0 N–H and O–H groups in total. The van der Waals surface area contributed by atoms with Crippen molar-refractivity contribution in [3.8, 4) is 44.6 Å². The van der Waals surface area contributed by atoms with Gasteiger partial charge in [-0.1, -0.05) is 152 Å². The largest absolute Gasteiger partial charge is 0.253 e. The maximum Gasteiger partial charge on any atom is 0.0972 e. The van der Waals surface area contributed by atoms with Crippen molar-refractivity contribution in [3.05, 3.63) is 170 Å². The predicted molar refractivity (Wildman–Crippen MR) is 194 cm³/mol. The first-order valence-corrected chi connectivity index (χ1v) is 15.7. The van der Waals surface area contributed by atoms with Crippen molar-refractivity contribution in [3.63, 3.8) is 0 Å². The molecule has 2 heteroatoms. The highest BCUT2D eigenvalue weighted by Crippen LogP contribution is 2.44. The lowest BCUT2D eigenvalue weighted by Crippen LogP contribution is -1.96. The summed E-state index contributed by atoms with van der Waals surface area (Å²) in [5, 5.41) is 7.01. The molecular weight excluding hydrogens is 556 g/mol. The van der Waals surface area contributed by atoms with Gasteiger partial charge in [-0.3, -0.25) is 4.98 Å². The van der Waals surface area contributed by atoms with Gasteiger partial charge in [-0.05, 0) is 55.9 Å². The summed E-state index contributed by atoms with van der Waals surface area (Å²) in [6.45, 7) is 0. The molecule has 0 saturated carbocycles. The average molecular weight is 585 g/mol. The highest BCUT2D eigenvalue weighted by atomic mass is 14.8. The van der Waals surface area contributed by atoms with Gasteiger partial charge in [0.05, 0.1) is 16.7 Å². The molecule has 0 amide bonds. The Kier molecular flexibility index (Phi) is 6.17. The third-order valence-electron chi connectivity index (χ3n) is 9.07. The van der Waals surface area contributed by atoms with Crippen LogP contribution >= 0.6 is 0 Å². The Morgan fingerprint density at radius 3 is 1.74 bits per heavy atom. The Bertz CT molecular complexity index is 2560. The van der Waals surface area contributed by atoms with E-state index in [0.29, 0.717) is 0 Å². The van der Waals surface area contributed by atoms with Crippen molar-refractivity contribution in [2.45, 2.75) is 0 Å². The number of aromatic nitrogens is 2. The summed E-state index contributed by atoms with van der Waals surface area (Å²) in [6.07, 6.45) is 1.97. The van der Waals surface area contributed by atoms with Gasteiger partial charge in [0, 0.05) is 33.7 Å². The zero-order valence-corrected chi connectivity index (χ0v) is 25.1. The minimum absolute atomic E-state index is 0.906. The highest BCUT2D eigenvalue weighted by molar-refractivity contribution is 6.13. The second-order valence-electron chi connectivity index (χ2n) is 11.8. The molecule has 7 aromatic carbocycles. The zero-order chi connectivity index (χ0) is 30.5. The van der Waals surface area contributed by atoms with Crippen LogP contribution in [-0.4, -0.2) is 9.97 Å². The van der Waals surface area contributed by atoms with Crippen molar-refractivity contribution in [1.82, 2.24) is 9.97 Å². The van der Waals surface area contributed by atoms with Crippen LogP contribution in [0.2, 0.25) is 0 Å². The van der Waals surface area contributed by atoms with E-state index in [0.717, 1.165) is 55.3 Å². The van der Waals surface area contributed by atoms with Crippen molar-refractivity contribution in [1.29, 1.82) is 0 Å². The molecule has 0 atom stereocenters. The first-order chi connectivity index (χ1) is 22.8. The second kappa shape index (κ2) is 10.8. The minimum Gasteiger partial charge on any atom is -0.253 e. The molecule has 0 spiro atoms. The van der Waals surface area contributed by atoms with Gasteiger partial charge >= 0.3 is 0 Å². The van der Waals surface area contributed by atoms with Crippen molar-refractivity contribution >= 4 is 43.4 Å². The highest BCUT2D eigenvalue weighted by Gasteiger charge is 2.20. The molecule has 0 radical (unpaired) electrons. The number of fused-ring (bicyclic) bond motifs is 5. The van der Waals surface area contributed by atoms with Crippen LogP contribution in [0.4, 0.5) is 0 Å². The van der Waals surface area contributed by atoms with E-state index >= 15 is 0 Å². The van der Waals surface area contributed by atoms with Crippen molar-refractivity contribution < 1.29 is 0 Å². The SMILES string of the molecule is c1ccc(-c2cnc3c(ccc4cc(-c5ccccc5)c(-c5ccc6ccccc6c5-c5cccc6ccccc56)nc43)c2)cc1. The molecule has 2 nitrogen and oxygen atoms in total. The quantitative estimate of drug-likeness (QED) is 0.192. The minimum atomic E-state index is 0.906. The van der Waals surface area contributed by atoms with Gasteiger partial charge in [0.1, 0.15) is 0 Å². The molecule has 214 valence electrons. The standard InChI is InChI=1S/C44H28N2/c1-3-12-29(13-4-1)35-26-33-22-23-34-27-40(31-14-5-2-6-15-31)44(46-43(34)42(33)45-28-35)39-25-24-32-17-8-10-20-37(32)41(39)38-21-11-18-30-16-7-9-19-36(30)38/h1-28H. The first-order valence-electron chi connectivity index (χ1n) is 15.7. The molecular formula is C44H28N2. The van der Waals surface area contributed by atoms with E-state index in [1.165, 1.54) is 32.7 Å². The smallest absolute Gasteiger partial charge is 0.0972 e. The van der Waals surface area contributed by atoms with Crippen LogP contribution in [0.25, 0.3) is 88.0 Å². The number of nitrogens with zero attached hydrogens (tertiary/aromatic N) is 2. The summed E-state index contributed by atoms with van der Waals surface area (Å²) in [5.41, 5.74) is 10.8. The fraction of sp³-hybridized carbons (Fsp3) is 0. The number of hydrogen-bond acceptors (Lipinski definition) is 2. The van der Waals surface area contributed by atoms with Crippen LogP contribution in [0.3, 0.4) is 0 Å². The monoisotopic (exact) mass is 584 g/mol. The van der Waals surface area contributed by atoms with Gasteiger partial charge in [-0.2, -0.15) is 0 Å². The lowest BCUT2D eigenvalue weighted by molar-refractivity contribution is 1.37. The van der Waals surface area contributed by atoms with Crippen molar-refractivity contribution in [2.24, 2.45) is 0 Å². The third-order valence-corrected chi connectivity index (χ3v) is 9.07. The molecule has 2 aromatic heterocycles. The van der Waals surface area contributed by atoms with Gasteiger partial charge in [0.15, 0.2) is 0 Å². The molecule has 0 bridgehead atoms. The van der Waals surface area contributed by atoms with Crippen LogP contribution in [0, 0.1) is 0 Å². The Morgan fingerprint density at radius 2 is 0.957 bits per heavy atom. The Labute approximate surface area is 267 Å². The third kappa shape index (κ3) is 4.35.